The van der Waals surface area contributed by atoms with E-state index in [1.54, 1.807) is 7.11 Å². The number of hydrogen-bond acceptors (Lipinski definition) is 4. The van der Waals surface area contributed by atoms with Gasteiger partial charge in [0.05, 0.1) is 19.6 Å². The molecule has 0 bridgehead atoms. The molecule has 5 heteroatoms. The summed E-state index contributed by atoms with van der Waals surface area (Å²) in [6.45, 7) is 2.65. The molecule has 0 aliphatic carbocycles. The van der Waals surface area contributed by atoms with Crippen LogP contribution < -0.4 is 4.74 Å². The molecule has 1 aliphatic heterocycles. The van der Waals surface area contributed by atoms with Gasteiger partial charge in [-0.25, -0.2) is 0 Å². The van der Waals surface area contributed by atoms with E-state index in [2.05, 4.69) is 5.16 Å². The molecular formula is C17H20N2O3. The van der Waals surface area contributed by atoms with Gasteiger partial charge in [-0.05, 0) is 37.5 Å². The van der Waals surface area contributed by atoms with Crippen molar-refractivity contribution < 1.29 is 14.1 Å². The molecular weight excluding hydrogens is 280 g/mol. The van der Waals surface area contributed by atoms with Crippen molar-refractivity contribution in [2.75, 3.05) is 13.7 Å². The van der Waals surface area contributed by atoms with Crippen LogP contribution in [-0.2, 0) is 11.2 Å². The van der Waals surface area contributed by atoms with Crippen LogP contribution in [0.4, 0.5) is 0 Å². The van der Waals surface area contributed by atoms with E-state index >= 15 is 0 Å². The Labute approximate surface area is 129 Å². The van der Waals surface area contributed by atoms with Crippen LogP contribution in [-0.4, -0.2) is 29.6 Å². The molecule has 116 valence electrons. The Bertz CT molecular complexity index is 648. The number of benzene rings is 1. The van der Waals surface area contributed by atoms with Crippen LogP contribution >= 0.6 is 0 Å². The summed E-state index contributed by atoms with van der Waals surface area (Å²) in [5, 5.41) is 4.07. The molecule has 1 atom stereocenters. The number of carbonyl (C=O) groups excluding carboxylic acids is 1. The second-order valence-corrected chi connectivity index (χ2v) is 5.63. The number of methoxy groups -OCH3 is 1. The summed E-state index contributed by atoms with van der Waals surface area (Å²) in [5.41, 5.74) is 1.85. The van der Waals surface area contributed by atoms with Crippen molar-refractivity contribution in [2.45, 2.75) is 32.2 Å². The fraction of sp³-hybridized carbons (Fsp3) is 0.412. The molecule has 1 fully saturated rings. The fourth-order valence-corrected chi connectivity index (χ4v) is 2.93. The minimum absolute atomic E-state index is 0.0446. The van der Waals surface area contributed by atoms with Crippen LogP contribution in [0.3, 0.4) is 0 Å². The molecule has 1 saturated heterocycles. The van der Waals surface area contributed by atoms with Gasteiger partial charge in [-0.2, -0.15) is 0 Å². The highest BCUT2D eigenvalue weighted by Gasteiger charge is 2.31. The van der Waals surface area contributed by atoms with Gasteiger partial charge >= 0.3 is 0 Å². The highest BCUT2D eigenvalue weighted by molar-refractivity contribution is 5.79. The molecule has 2 aromatic rings. The predicted molar refractivity (Wildman–Crippen MR) is 81.6 cm³/mol. The van der Waals surface area contributed by atoms with E-state index in [0.29, 0.717) is 6.42 Å². The second-order valence-electron chi connectivity index (χ2n) is 5.63. The standard InChI is InChI=1S/C17H20N2O3/c1-12-10-15(18-22-12)16-4-3-9-19(16)17(20)11-13-5-7-14(21-2)8-6-13/h5-8,10,16H,3-4,9,11H2,1-2H3/t16-/m0/s1. The summed E-state index contributed by atoms with van der Waals surface area (Å²) >= 11 is 0. The van der Waals surface area contributed by atoms with Gasteiger partial charge in [-0.15, -0.1) is 0 Å². The van der Waals surface area contributed by atoms with Crippen molar-refractivity contribution in [3.8, 4) is 5.75 Å². The molecule has 2 heterocycles. The molecule has 22 heavy (non-hydrogen) atoms. The number of ether oxygens (including phenoxy) is 1. The molecule has 3 rings (SSSR count). The third-order valence-corrected chi connectivity index (χ3v) is 4.08. The molecule has 0 spiro atoms. The maximum atomic E-state index is 12.6. The van der Waals surface area contributed by atoms with Crippen molar-refractivity contribution in [2.24, 2.45) is 0 Å². The minimum atomic E-state index is 0.0446. The lowest BCUT2D eigenvalue weighted by Crippen LogP contribution is -2.32. The zero-order chi connectivity index (χ0) is 15.5. The van der Waals surface area contributed by atoms with E-state index < -0.39 is 0 Å². The molecule has 0 radical (unpaired) electrons. The van der Waals surface area contributed by atoms with Crippen molar-refractivity contribution in [1.29, 1.82) is 0 Å². The first-order chi connectivity index (χ1) is 10.7. The molecule has 1 aromatic carbocycles. The summed E-state index contributed by atoms with van der Waals surface area (Å²) in [4.78, 5) is 14.5. The van der Waals surface area contributed by atoms with E-state index in [1.165, 1.54) is 0 Å². The summed E-state index contributed by atoms with van der Waals surface area (Å²) in [7, 11) is 1.63. The van der Waals surface area contributed by atoms with Gasteiger partial charge in [0.2, 0.25) is 5.91 Å². The van der Waals surface area contributed by atoms with Gasteiger partial charge in [-0.1, -0.05) is 17.3 Å². The van der Waals surface area contributed by atoms with E-state index in [-0.39, 0.29) is 11.9 Å². The Morgan fingerprint density at radius 2 is 2.18 bits per heavy atom. The second kappa shape index (κ2) is 6.22. The Balaban J connectivity index is 1.70. The first-order valence-electron chi connectivity index (χ1n) is 7.53. The summed E-state index contributed by atoms with van der Waals surface area (Å²) < 4.78 is 10.3. The number of carbonyl (C=O) groups is 1. The molecule has 1 aromatic heterocycles. The minimum Gasteiger partial charge on any atom is -0.497 e. The van der Waals surface area contributed by atoms with E-state index in [0.717, 1.165) is 42.2 Å². The zero-order valence-electron chi connectivity index (χ0n) is 12.9. The van der Waals surface area contributed by atoms with Crippen LogP contribution in [0, 0.1) is 6.92 Å². The highest BCUT2D eigenvalue weighted by atomic mass is 16.5. The van der Waals surface area contributed by atoms with Crippen LogP contribution in [0.25, 0.3) is 0 Å². The first-order valence-corrected chi connectivity index (χ1v) is 7.53. The fourth-order valence-electron chi connectivity index (χ4n) is 2.93. The van der Waals surface area contributed by atoms with Crippen molar-refractivity contribution in [3.05, 3.63) is 47.3 Å². The van der Waals surface area contributed by atoms with Crippen molar-refractivity contribution in [3.63, 3.8) is 0 Å². The lowest BCUT2D eigenvalue weighted by Gasteiger charge is -2.23. The van der Waals surface area contributed by atoms with Gasteiger partial charge in [0.1, 0.15) is 17.2 Å². The lowest BCUT2D eigenvalue weighted by atomic mass is 10.1. The number of aryl methyl sites for hydroxylation is 1. The third-order valence-electron chi connectivity index (χ3n) is 4.08. The Morgan fingerprint density at radius 3 is 2.82 bits per heavy atom. The lowest BCUT2D eigenvalue weighted by molar-refractivity contribution is -0.131. The van der Waals surface area contributed by atoms with Crippen LogP contribution in [0.1, 0.15) is 35.9 Å². The molecule has 0 unspecified atom stereocenters. The van der Waals surface area contributed by atoms with Gasteiger partial charge in [0.25, 0.3) is 0 Å². The number of hydrogen-bond donors (Lipinski definition) is 0. The monoisotopic (exact) mass is 300 g/mol. The van der Waals surface area contributed by atoms with E-state index in [4.69, 9.17) is 9.26 Å². The van der Waals surface area contributed by atoms with E-state index in [9.17, 15) is 4.79 Å². The molecule has 0 saturated carbocycles. The van der Waals surface area contributed by atoms with Crippen LogP contribution in [0.2, 0.25) is 0 Å². The quantitative estimate of drug-likeness (QED) is 0.871. The van der Waals surface area contributed by atoms with Crippen molar-refractivity contribution >= 4 is 5.91 Å². The highest BCUT2D eigenvalue weighted by Crippen LogP contribution is 2.32. The molecule has 1 aliphatic rings. The maximum Gasteiger partial charge on any atom is 0.227 e. The third kappa shape index (κ3) is 2.98. The average Bonchev–Trinajstić information content (AvgIpc) is 3.16. The summed E-state index contributed by atoms with van der Waals surface area (Å²) in [6.07, 6.45) is 2.35. The smallest absolute Gasteiger partial charge is 0.227 e. The molecule has 1 amide bonds. The van der Waals surface area contributed by atoms with E-state index in [1.807, 2.05) is 42.2 Å². The van der Waals surface area contributed by atoms with Gasteiger partial charge in [0.15, 0.2) is 0 Å². The number of nitrogens with zero attached hydrogens (tertiary/aromatic N) is 2. The number of aromatic nitrogens is 1. The normalized spacial score (nSPS) is 17.7. The van der Waals surface area contributed by atoms with Gasteiger partial charge in [0, 0.05) is 12.6 Å². The Kier molecular flexibility index (Phi) is 4.13. The summed E-state index contributed by atoms with van der Waals surface area (Å²) in [6, 6.07) is 9.59. The Hall–Kier alpha value is -2.30. The molecule has 5 nitrogen and oxygen atoms in total. The predicted octanol–water partition coefficient (Wildman–Crippen LogP) is 2.90. The largest absolute Gasteiger partial charge is 0.497 e. The number of amides is 1. The average molecular weight is 300 g/mol. The first kappa shape index (κ1) is 14.6. The Morgan fingerprint density at radius 1 is 1.41 bits per heavy atom. The summed E-state index contributed by atoms with van der Waals surface area (Å²) in [5.74, 6) is 1.71. The van der Waals surface area contributed by atoms with Gasteiger partial charge in [-0.3, -0.25) is 4.79 Å². The van der Waals surface area contributed by atoms with Crippen molar-refractivity contribution in [1.82, 2.24) is 10.1 Å². The number of rotatable bonds is 4. The van der Waals surface area contributed by atoms with Crippen LogP contribution in [0.5, 0.6) is 5.75 Å². The zero-order valence-corrected chi connectivity index (χ0v) is 12.9. The molecule has 0 N–H and O–H groups in total. The number of likely N-dealkylation sites (tertiary alicyclic amines) is 1. The van der Waals surface area contributed by atoms with Crippen LogP contribution in [0.15, 0.2) is 34.9 Å². The maximum absolute atomic E-state index is 12.6. The van der Waals surface area contributed by atoms with Gasteiger partial charge < -0.3 is 14.2 Å². The topological polar surface area (TPSA) is 55.6 Å². The SMILES string of the molecule is COc1ccc(CC(=O)N2CCC[C@H]2c2cc(C)on2)cc1.